The van der Waals surface area contributed by atoms with Crippen LogP contribution >= 0.6 is 11.6 Å². The summed E-state index contributed by atoms with van der Waals surface area (Å²) >= 11 is 5.85. The van der Waals surface area contributed by atoms with Crippen molar-refractivity contribution in [2.24, 2.45) is 0 Å². The Morgan fingerprint density at radius 3 is 2.62 bits per heavy atom. The van der Waals surface area contributed by atoms with E-state index < -0.39 is 0 Å². The van der Waals surface area contributed by atoms with E-state index in [2.05, 4.69) is 10.3 Å². The molecule has 0 aliphatic heterocycles. The molecule has 120 valence electrons. The van der Waals surface area contributed by atoms with Crippen LogP contribution in [0.15, 0.2) is 72.9 Å². The average Bonchev–Trinajstić information content (AvgIpc) is 2.62. The Kier molecular flexibility index (Phi) is 5.08. The second-order valence-corrected chi connectivity index (χ2v) is 5.54. The minimum atomic E-state index is -0.170. The first-order valence-electron chi connectivity index (χ1n) is 7.42. The van der Waals surface area contributed by atoms with Gasteiger partial charge in [0, 0.05) is 29.4 Å². The van der Waals surface area contributed by atoms with Gasteiger partial charge in [-0.1, -0.05) is 35.9 Å². The lowest BCUT2D eigenvalue weighted by molar-refractivity contribution is 0.0950. The maximum atomic E-state index is 12.3. The molecule has 0 bridgehead atoms. The number of hydrogen-bond donors (Lipinski definition) is 1. The van der Waals surface area contributed by atoms with Gasteiger partial charge in [-0.2, -0.15) is 0 Å². The Labute approximate surface area is 145 Å². The van der Waals surface area contributed by atoms with Crippen molar-refractivity contribution in [1.29, 1.82) is 0 Å². The number of benzene rings is 2. The second kappa shape index (κ2) is 7.62. The van der Waals surface area contributed by atoms with Crippen LogP contribution in [0.1, 0.15) is 15.9 Å². The third-order valence-electron chi connectivity index (χ3n) is 3.32. The number of hydrogen-bond acceptors (Lipinski definition) is 3. The van der Waals surface area contributed by atoms with Crippen LogP contribution in [0.5, 0.6) is 11.6 Å². The molecule has 0 aliphatic rings. The molecule has 3 aromatic rings. The van der Waals surface area contributed by atoms with E-state index in [1.165, 1.54) is 0 Å². The van der Waals surface area contributed by atoms with Gasteiger partial charge < -0.3 is 10.1 Å². The summed E-state index contributed by atoms with van der Waals surface area (Å²) in [4.78, 5) is 16.4. The Morgan fingerprint density at radius 2 is 1.88 bits per heavy atom. The molecule has 0 spiro atoms. The molecule has 0 saturated carbocycles. The molecule has 0 fully saturated rings. The maximum absolute atomic E-state index is 12.3. The van der Waals surface area contributed by atoms with Crippen LogP contribution in [0.25, 0.3) is 0 Å². The predicted octanol–water partition coefficient (Wildman–Crippen LogP) is 4.46. The quantitative estimate of drug-likeness (QED) is 0.747. The summed E-state index contributed by atoms with van der Waals surface area (Å²) in [7, 11) is 0. The fraction of sp³-hybridized carbons (Fsp3) is 0.0526. The number of aromatic nitrogens is 1. The number of nitrogens with zero attached hydrogens (tertiary/aromatic N) is 1. The molecular weight excluding hydrogens is 324 g/mol. The lowest BCUT2D eigenvalue weighted by Crippen LogP contribution is -2.22. The van der Waals surface area contributed by atoms with E-state index in [1.54, 1.807) is 48.7 Å². The molecule has 1 amide bonds. The molecule has 0 unspecified atom stereocenters. The molecule has 5 heteroatoms. The fourth-order valence-electron chi connectivity index (χ4n) is 2.12. The number of pyridine rings is 1. The molecule has 1 heterocycles. The van der Waals surface area contributed by atoms with E-state index in [0.29, 0.717) is 28.8 Å². The summed E-state index contributed by atoms with van der Waals surface area (Å²) in [5.41, 5.74) is 1.51. The molecule has 1 aromatic heterocycles. The Morgan fingerprint density at radius 1 is 1.04 bits per heavy atom. The molecular formula is C19H15ClN2O2. The number of ether oxygens (including phenoxy) is 1. The summed E-state index contributed by atoms with van der Waals surface area (Å²) in [6, 6.07) is 19.7. The van der Waals surface area contributed by atoms with Crippen LogP contribution in [0.3, 0.4) is 0 Å². The third kappa shape index (κ3) is 4.33. The molecule has 24 heavy (non-hydrogen) atoms. The third-order valence-corrected chi connectivity index (χ3v) is 3.57. The van der Waals surface area contributed by atoms with Crippen molar-refractivity contribution in [3.63, 3.8) is 0 Å². The van der Waals surface area contributed by atoms with Gasteiger partial charge in [-0.3, -0.25) is 4.79 Å². The van der Waals surface area contributed by atoms with E-state index in [-0.39, 0.29) is 5.91 Å². The van der Waals surface area contributed by atoms with Gasteiger partial charge in [-0.25, -0.2) is 4.98 Å². The fourth-order valence-corrected chi connectivity index (χ4v) is 2.24. The monoisotopic (exact) mass is 338 g/mol. The Bertz CT molecular complexity index is 820. The summed E-state index contributed by atoms with van der Waals surface area (Å²) in [5, 5.41) is 3.54. The van der Waals surface area contributed by atoms with Crippen LogP contribution in [-0.2, 0) is 6.54 Å². The number of carbonyl (C=O) groups excluding carboxylic acids is 1. The Balaban J connectivity index is 1.64. The first-order chi connectivity index (χ1) is 11.7. The van der Waals surface area contributed by atoms with Gasteiger partial charge in [0.15, 0.2) is 0 Å². The summed E-state index contributed by atoms with van der Waals surface area (Å²) in [6.45, 7) is 0.432. The normalized spacial score (nSPS) is 10.2. The number of rotatable bonds is 5. The van der Waals surface area contributed by atoms with E-state index in [0.717, 1.165) is 5.56 Å². The largest absolute Gasteiger partial charge is 0.439 e. The zero-order chi connectivity index (χ0) is 16.8. The lowest BCUT2D eigenvalue weighted by atomic mass is 10.2. The first-order valence-corrected chi connectivity index (χ1v) is 7.80. The predicted molar refractivity (Wildman–Crippen MR) is 93.4 cm³/mol. The highest BCUT2D eigenvalue weighted by Gasteiger charge is 2.07. The highest BCUT2D eigenvalue weighted by Crippen LogP contribution is 2.20. The molecule has 0 radical (unpaired) electrons. The van der Waals surface area contributed by atoms with Gasteiger partial charge in [0.25, 0.3) is 5.91 Å². The minimum Gasteiger partial charge on any atom is -0.439 e. The van der Waals surface area contributed by atoms with Gasteiger partial charge in [-0.15, -0.1) is 0 Å². The second-order valence-electron chi connectivity index (χ2n) is 5.11. The number of nitrogens with one attached hydrogen (secondary N) is 1. The van der Waals surface area contributed by atoms with Crippen LogP contribution in [0.2, 0.25) is 5.02 Å². The SMILES string of the molecule is O=C(NCc1ccc(Cl)cc1)c1cccc(Oc2ccccn2)c1. The van der Waals surface area contributed by atoms with Gasteiger partial charge in [-0.05, 0) is 42.0 Å². The van der Waals surface area contributed by atoms with Crippen LogP contribution in [0.4, 0.5) is 0 Å². The standard InChI is InChI=1S/C19H15ClN2O2/c20-16-9-7-14(8-10-16)13-22-19(23)15-4-3-5-17(12-15)24-18-6-1-2-11-21-18/h1-12H,13H2,(H,22,23). The molecule has 2 aromatic carbocycles. The summed E-state index contributed by atoms with van der Waals surface area (Å²) in [5.74, 6) is 0.875. The number of halogens is 1. The first kappa shape index (κ1) is 16.0. The maximum Gasteiger partial charge on any atom is 0.251 e. The van der Waals surface area contributed by atoms with Gasteiger partial charge >= 0.3 is 0 Å². The van der Waals surface area contributed by atoms with Crippen molar-refractivity contribution in [3.05, 3.63) is 89.1 Å². The minimum absolute atomic E-state index is 0.170. The van der Waals surface area contributed by atoms with E-state index in [1.807, 2.05) is 24.3 Å². The zero-order valence-corrected chi connectivity index (χ0v) is 13.5. The van der Waals surface area contributed by atoms with E-state index in [9.17, 15) is 4.79 Å². The van der Waals surface area contributed by atoms with E-state index >= 15 is 0 Å². The van der Waals surface area contributed by atoms with Crippen molar-refractivity contribution < 1.29 is 9.53 Å². The van der Waals surface area contributed by atoms with Crippen molar-refractivity contribution in [1.82, 2.24) is 10.3 Å². The van der Waals surface area contributed by atoms with Gasteiger partial charge in [0.1, 0.15) is 5.75 Å². The number of carbonyl (C=O) groups is 1. The highest BCUT2D eigenvalue weighted by molar-refractivity contribution is 6.30. The van der Waals surface area contributed by atoms with Crippen LogP contribution in [0, 0.1) is 0 Å². The highest BCUT2D eigenvalue weighted by atomic mass is 35.5. The lowest BCUT2D eigenvalue weighted by Gasteiger charge is -2.08. The summed E-state index contributed by atoms with van der Waals surface area (Å²) < 4.78 is 5.64. The Hall–Kier alpha value is -2.85. The van der Waals surface area contributed by atoms with Crippen LogP contribution in [-0.4, -0.2) is 10.9 Å². The smallest absolute Gasteiger partial charge is 0.251 e. The molecule has 1 N–H and O–H groups in total. The molecule has 4 nitrogen and oxygen atoms in total. The van der Waals surface area contributed by atoms with Crippen molar-refractivity contribution >= 4 is 17.5 Å². The van der Waals surface area contributed by atoms with E-state index in [4.69, 9.17) is 16.3 Å². The van der Waals surface area contributed by atoms with Gasteiger partial charge in [0.2, 0.25) is 5.88 Å². The molecule has 3 rings (SSSR count). The molecule has 0 saturated heterocycles. The number of amides is 1. The van der Waals surface area contributed by atoms with Crippen molar-refractivity contribution in [2.45, 2.75) is 6.54 Å². The van der Waals surface area contributed by atoms with Crippen molar-refractivity contribution in [3.8, 4) is 11.6 Å². The van der Waals surface area contributed by atoms with Crippen LogP contribution < -0.4 is 10.1 Å². The molecule has 0 atom stereocenters. The zero-order valence-electron chi connectivity index (χ0n) is 12.8. The van der Waals surface area contributed by atoms with Crippen molar-refractivity contribution in [2.75, 3.05) is 0 Å². The van der Waals surface area contributed by atoms with Gasteiger partial charge in [0.05, 0.1) is 0 Å². The molecule has 0 aliphatic carbocycles. The topological polar surface area (TPSA) is 51.2 Å². The summed E-state index contributed by atoms with van der Waals surface area (Å²) in [6.07, 6.45) is 1.65. The average molecular weight is 339 g/mol.